The van der Waals surface area contributed by atoms with Crippen LogP contribution < -0.4 is 10.6 Å². The highest BCUT2D eigenvalue weighted by molar-refractivity contribution is 5.90. The van der Waals surface area contributed by atoms with Crippen LogP contribution in [0.3, 0.4) is 0 Å². The van der Waals surface area contributed by atoms with E-state index in [4.69, 9.17) is 0 Å². The molecular formula is C21H31N3O. The van der Waals surface area contributed by atoms with Crippen LogP contribution in [-0.2, 0) is 0 Å². The number of nitrogens with one attached hydrogen (secondary N) is 2. The Kier molecular flexibility index (Phi) is 4.98. The quantitative estimate of drug-likeness (QED) is 0.853. The lowest BCUT2D eigenvalue weighted by molar-refractivity contribution is -0.00680. The van der Waals surface area contributed by atoms with Crippen LogP contribution in [0.15, 0.2) is 24.3 Å². The molecule has 2 heterocycles. The largest absolute Gasteiger partial charge is 0.335 e. The molecule has 4 heteroatoms. The van der Waals surface area contributed by atoms with Crippen molar-refractivity contribution >= 4 is 11.7 Å². The lowest BCUT2D eigenvalue weighted by Crippen LogP contribution is -2.59. The van der Waals surface area contributed by atoms with E-state index in [2.05, 4.69) is 15.5 Å². The number of fused-ring (bicyclic) bond motifs is 2. The summed E-state index contributed by atoms with van der Waals surface area (Å²) < 4.78 is 0. The van der Waals surface area contributed by atoms with Crippen LogP contribution >= 0.6 is 0 Å². The van der Waals surface area contributed by atoms with Gasteiger partial charge in [-0.15, -0.1) is 0 Å². The number of piperidine rings is 2. The van der Waals surface area contributed by atoms with Crippen molar-refractivity contribution in [2.75, 3.05) is 5.32 Å². The maximum absolute atomic E-state index is 12.5. The summed E-state index contributed by atoms with van der Waals surface area (Å²) in [5, 5.41) is 6.28. The number of nitrogens with zero attached hydrogens (tertiary/aromatic N) is 1. The zero-order valence-corrected chi connectivity index (χ0v) is 15.3. The number of amides is 2. The number of urea groups is 1. The standard InChI is InChI=1S/C21H31N3O/c1-15-7-2-5-12-20(15)23-21(25)22-16-13-18-10-6-11-19(14-16)24(18)17-8-3-4-9-17/h2,5,7,12,16-19H,3-4,6,8-11,13-14H2,1H3,(H2,22,23,25). The van der Waals surface area contributed by atoms with Gasteiger partial charge in [-0.1, -0.05) is 37.5 Å². The van der Waals surface area contributed by atoms with Crippen LogP contribution in [0.5, 0.6) is 0 Å². The summed E-state index contributed by atoms with van der Waals surface area (Å²) >= 11 is 0. The van der Waals surface area contributed by atoms with Crippen LogP contribution in [0.4, 0.5) is 10.5 Å². The van der Waals surface area contributed by atoms with E-state index in [0.29, 0.717) is 18.1 Å². The molecule has 25 heavy (non-hydrogen) atoms. The molecule has 2 atom stereocenters. The van der Waals surface area contributed by atoms with Gasteiger partial charge >= 0.3 is 6.03 Å². The van der Waals surface area contributed by atoms with E-state index in [-0.39, 0.29) is 6.03 Å². The molecule has 1 aliphatic carbocycles. The van der Waals surface area contributed by atoms with Crippen molar-refractivity contribution in [3.8, 4) is 0 Å². The van der Waals surface area contributed by atoms with Crippen LogP contribution in [0.2, 0.25) is 0 Å². The van der Waals surface area contributed by atoms with E-state index < -0.39 is 0 Å². The van der Waals surface area contributed by atoms with Crippen molar-refractivity contribution in [1.82, 2.24) is 10.2 Å². The van der Waals surface area contributed by atoms with E-state index in [0.717, 1.165) is 30.1 Å². The van der Waals surface area contributed by atoms with Gasteiger partial charge in [0.15, 0.2) is 0 Å². The highest BCUT2D eigenvalue weighted by atomic mass is 16.2. The van der Waals surface area contributed by atoms with E-state index >= 15 is 0 Å². The number of hydrogen-bond acceptors (Lipinski definition) is 2. The fourth-order valence-electron chi connectivity index (χ4n) is 5.39. The van der Waals surface area contributed by atoms with Crippen molar-refractivity contribution in [2.24, 2.45) is 0 Å². The van der Waals surface area contributed by atoms with Crippen molar-refractivity contribution in [3.05, 3.63) is 29.8 Å². The second-order valence-electron chi connectivity index (χ2n) is 8.21. The first-order valence-corrected chi connectivity index (χ1v) is 10.1. The maximum atomic E-state index is 12.5. The summed E-state index contributed by atoms with van der Waals surface area (Å²) in [7, 11) is 0. The Bertz CT molecular complexity index is 597. The number of carbonyl (C=O) groups excluding carboxylic acids is 1. The molecule has 1 aromatic rings. The zero-order chi connectivity index (χ0) is 17.2. The summed E-state index contributed by atoms with van der Waals surface area (Å²) in [5.41, 5.74) is 2.01. The molecule has 2 bridgehead atoms. The molecule has 2 aliphatic heterocycles. The number of hydrogen-bond donors (Lipinski definition) is 2. The van der Waals surface area contributed by atoms with Gasteiger partial charge in [0.25, 0.3) is 0 Å². The Labute approximate surface area is 151 Å². The molecule has 0 aromatic heterocycles. The summed E-state index contributed by atoms with van der Waals surface area (Å²) in [6.45, 7) is 2.03. The first-order chi connectivity index (χ1) is 12.2. The van der Waals surface area contributed by atoms with Crippen LogP contribution in [-0.4, -0.2) is 35.1 Å². The maximum Gasteiger partial charge on any atom is 0.319 e. The molecule has 2 unspecified atom stereocenters. The van der Waals surface area contributed by atoms with Gasteiger partial charge < -0.3 is 10.6 Å². The van der Waals surface area contributed by atoms with Crippen LogP contribution in [0, 0.1) is 6.92 Å². The number of para-hydroxylation sites is 1. The van der Waals surface area contributed by atoms with Gasteiger partial charge in [0, 0.05) is 29.9 Å². The van der Waals surface area contributed by atoms with Crippen molar-refractivity contribution in [2.45, 2.75) is 88.9 Å². The second-order valence-corrected chi connectivity index (χ2v) is 8.21. The van der Waals surface area contributed by atoms with E-state index in [9.17, 15) is 4.79 Å². The van der Waals surface area contributed by atoms with Gasteiger partial charge in [0.05, 0.1) is 0 Å². The predicted molar refractivity (Wildman–Crippen MR) is 102 cm³/mol. The summed E-state index contributed by atoms with van der Waals surface area (Å²) in [5.74, 6) is 0. The SMILES string of the molecule is Cc1ccccc1NC(=O)NC1CC2CCCC(C1)N2C1CCCC1. The topological polar surface area (TPSA) is 44.4 Å². The molecule has 4 nitrogen and oxygen atoms in total. The minimum atomic E-state index is -0.0494. The molecule has 1 aromatic carbocycles. The second kappa shape index (κ2) is 7.36. The lowest BCUT2D eigenvalue weighted by atomic mass is 9.80. The Morgan fingerprint density at radius 2 is 1.60 bits per heavy atom. The highest BCUT2D eigenvalue weighted by Crippen LogP contribution is 2.39. The number of anilines is 1. The summed E-state index contributed by atoms with van der Waals surface area (Å²) in [6, 6.07) is 10.4. The van der Waals surface area contributed by atoms with E-state index in [1.165, 1.54) is 44.9 Å². The number of aryl methyl sites for hydroxylation is 1. The number of rotatable bonds is 3. The lowest BCUT2D eigenvalue weighted by Gasteiger charge is -2.51. The van der Waals surface area contributed by atoms with E-state index in [1.54, 1.807) is 0 Å². The molecule has 0 spiro atoms. The predicted octanol–water partition coefficient (Wildman–Crippen LogP) is 4.44. The normalized spacial score (nSPS) is 30.2. The Morgan fingerprint density at radius 1 is 0.960 bits per heavy atom. The molecule has 1 saturated carbocycles. The fraction of sp³-hybridized carbons (Fsp3) is 0.667. The minimum Gasteiger partial charge on any atom is -0.335 e. The molecule has 4 rings (SSSR count). The monoisotopic (exact) mass is 341 g/mol. The average molecular weight is 341 g/mol. The Morgan fingerprint density at radius 3 is 2.28 bits per heavy atom. The van der Waals surface area contributed by atoms with Crippen LogP contribution in [0.25, 0.3) is 0 Å². The smallest absolute Gasteiger partial charge is 0.319 e. The molecule has 2 N–H and O–H groups in total. The highest BCUT2D eigenvalue weighted by Gasteiger charge is 2.42. The van der Waals surface area contributed by atoms with Gasteiger partial charge in [-0.05, 0) is 57.1 Å². The van der Waals surface area contributed by atoms with E-state index in [1.807, 2.05) is 31.2 Å². The number of benzene rings is 1. The van der Waals surface area contributed by atoms with Gasteiger partial charge in [-0.2, -0.15) is 0 Å². The summed E-state index contributed by atoms with van der Waals surface area (Å²) in [4.78, 5) is 15.3. The molecular weight excluding hydrogens is 310 g/mol. The molecule has 3 aliphatic rings. The third kappa shape index (κ3) is 3.69. The third-order valence-electron chi connectivity index (χ3n) is 6.51. The average Bonchev–Trinajstić information content (AvgIpc) is 3.10. The van der Waals surface area contributed by atoms with Crippen LogP contribution in [0.1, 0.15) is 63.4 Å². The van der Waals surface area contributed by atoms with Gasteiger partial charge in [-0.25, -0.2) is 4.79 Å². The zero-order valence-electron chi connectivity index (χ0n) is 15.3. The first-order valence-electron chi connectivity index (χ1n) is 10.1. The summed E-state index contributed by atoms with van der Waals surface area (Å²) in [6.07, 6.45) is 11.8. The minimum absolute atomic E-state index is 0.0494. The van der Waals surface area contributed by atoms with Gasteiger partial charge in [0.2, 0.25) is 0 Å². The van der Waals surface area contributed by atoms with Gasteiger partial charge in [0.1, 0.15) is 0 Å². The third-order valence-corrected chi connectivity index (χ3v) is 6.51. The first kappa shape index (κ1) is 16.9. The molecule has 3 fully saturated rings. The van der Waals surface area contributed by atoms with Crippen molar-refractivity contribution in [1.29, 1.82) is 0 Å². The molecule has 0 radical (unpaired) electrons. The molecule has 136 valence electrons. The van der Waals surface area contributed by atoms with Crippen molar-refractivity contribution in [3.63, 3.8) is 0 Å². The van der Waals surface area contributed by atoms with Gasteiger partial charge in [-0.3, -0.25) is 4.90 Å². The molecule has 2 saturated heterocycles. The Balaban J connectivity index is 1.36. The van der Waals surface area contributed by atoms with Crippen molar-refractivity contribution < 1.29 is 4.79 Å². The number of carbonyl (C=O) groups is 1. The Hall–Kier alpha value is -1.55. The fourth-order valence-corrected chi connectivity index (χ4v) is 5.39. The molecule has 2 amide bonds.